The molecule has 0 aliphatic rings. The van der Waals surface area contributed by atoms with Crippen LogP contribution in [0.15, 0.2) is 0 Å². The normalized spacial score (nSPS) is 10.3. The third kappa shape index (κ3) is 3.49. The van der Waals surface area contributed by atoms with Gasteiger partial charge in [0.15, 0.2) is 0 Å². The van der Waals surface area contributed by atoms with E-state index in [1.54, 1.807) is 7.11 Å². The van der Waals surface area contributed by atoms with Crippen LogP contribution in [0.4, 0.5) is 11.9 Å². The molecule has 0 fully saturated rings. The van der Waals surface area contributed by atoms with Gasteiger partial charge in [-0.15, -0.1) is 0 Å². The van der Waals surface area contributed by atoms with Crippen molar-refractivity contribution < 1.29 is 4.74 Å². The van der Waals surface area contributed by atoms with Crippen molar-refractivity contribution in [3.8, 4) is 0 Å². The second kappa shape index (κ2) is 5.67. The highest BCUT2D eigenvalue weighted by molar-refractivity contribution is 6.28. The Morgan fingerprint density at radius 3 is 2.67 bits per heavy atom. The molecule has 0 aliphatic carbocycles. The molecule has 0 radical (unpaired) electrons. The van der Waals surface area contributed by atoms with Gasteiger partial charge in [0.2, 0.25) is 17.2 Å². The second-order valence-electron chi connectivity index (χ2n) is 2.84. The predicted octanol–water partition coefficient (Wildman–Crippen LogP) is 0.580. The Morgan fingerprint density at radius 1 is 1.40 bits per heavy atom. The minimum absolute atomic E-state index is 0.105. The predicted molar refractivity (Wildman–Crippen MR) is 59.0 cm³/mol. The third-order valence-corrected chi connectivity index (χ3v) is 2.01. The molecule has 0 saturated carbocycles. The average Bonchev–Trinajstić information content (AvgIpc) is 2.17. The SMILES string of the molecule is CCN(CCOC)c1nc(N)nc(Cl)n1. The van der Waals surface area contributed by atoms with Crippen LogP contribution in [0.3, 0.4) is 0 Å². The number of rotatable bonds is 5. The number of nitrogens with zero attached hydrogens (tertiary/aromatic N) is 4. The Balaban J connectivity index is 2.81. The molecule has 1 heterocycles. The quantitative estimate of drug-likeness (QED) is 0.799. The molecule has 0 atom stereocenters. The van der Waals surface area contributed by atoms with Crippen LogP contribution in [-0.4, -0.2) is 41.8 Å². The van der Waals surface area contributed by atoms with E-state index in [1.165, 1.54) is 0 Å². The summed E-state index contributed by atoms with van der Waals surface area (Å²) in [6.45, 7) is 4.02. The molecule has 0 saturated heterocycles. The Labute approximate surface area is 93.4 Å². The van der Waals surface area contributed by atoms with E-state index in [0.29, 0.717) is 19.1 Å². The molecular formula is C8H14ClN5O. The summed E-state index contributed by atoms with van der Waals surface area (Å²) in [4.78, 5) is 13.6. The minimum atomic E-state index is 0.105. The van der Waals surface area contributed by atoms with Crippen molar-refractivity contribution in [2.24, 2.45) is 0 Å². The molecule has 1 aromatic rings. The summed E-state index contributed by atoms with van der Waals surface area (Å²) in [6, 6.07) is 0. The van der Waals surface area contributed by atoms with E-state index in [9.17, 15) is 0 Å². The topological polar surface area (TPSA) is 77.2 Å². The van der Waals surface area contributed by atoms with Crippen molar-refractivity contribution in [1.29, 1.82) is 0 Å². The molecule has 0 amide bonds. The standard InChI is InChI=1S/C8H14ClN5O/c1-3-14(4-5-15-2)8-12-6(9)11-7(10)13-8/h3-5H2,1-2H3,(H2,10,11,12,13). The van der Waals surface area contributed by atoms with Crippen molar-refractivity contribution in [2.75, 3.05) is 37.4 Å². The third-order valence-electron chi connectivity index (χ3n) is 1.84. The summed E-state index contributed by atoms with van der Waals surface area (Å²) < 4.78 is 4.98. The largest absolute Gasteiger partial charge is 0.383 e. The van der Waals surface area contributed by atoms with Gasteiger partial charge < -0.3 is 15.4 Å². The van der Waals surface area contributed by atoms with Crippen molar-refractivity contribution in [3.05, 3.63) is 5.28 Å². The number of hydrogen-bond donors (Lipinski definition) is 1. The second-order valence-corrected chi connectivity index (χ2v) is 3.17. The van der Waals surface area contributed by atoms with Crippen LogP contribution < -0.4 is 10.6 Å². The number of methoxy groups -OCH3 is 1. The van der Waals surface area contributed by atoms with Gasteiger partial charge in [-0.1, -0.05) is 0 Å². The first-order chi connectivity index (χ1) is 7.17. The average molecular weight is 232 g/mol. The summed E-state index contributed by atoms with van der Waals surface area (Å²) in [6.07, 6.45) is 0. The first kappa shape index (κ1) is 11.9. The fraction of sp³-hybridized carbons (Fsp3) is 0.625. The number of ether oxygens (including phenoxy) is 1. The number of likely N-dealkylation sites (N-methyl/N-ethyl adjacent to an activating group) is 1. The number of nitrogen functional groups attached to an aromatic ring is 1. The monoisotopic (exact) mass is 231 g/mol. The van der Waals surface area contributed by atoms with Gasteiger partial charge in [0, 0.05) is 20.2 Å². The van der Waals surface area contributed by atoms with Gasteiger partial charge in [-0.25, -0.2) is 0 Å². The summed E-state index contributed by atoms with van der Waals surface area (Å²) >= 11 is 5.69. The number of nitrogens with two attached hydrogens (primary N) is 1. The van der Waals surface area contributed by atoms with Crippen LogP contribution in [0.25, 0.3) is 0 Å². The Kier molecular flexibility index (Phi) is 4.51. The summed E-state index contributed by atoms with van der Waals surface area (Å²) in [5.41, 5.74) is 5.48. The maximum atomic E-state index is 5.69. The zero-order valence-corrected chi connectivity index (χ0v) is 9.53. The fourth-order valence-corrected chi connectivity index (χ4v) is 1.26. The summed E-state index contributed by atoms with van der Waals surface area (Å²) in [7, 11) is 1.64. The number of halogens is 1. The molecule has 0 aliphatic heterocycles. The molecule has 7 heteroatoms. The number of anilines is 2. The highest BCUT2D eigenvalue weighted by Gasteiger charge is 2.09. The Hall–Kier alpha value is -1.14. The Bertz CT molecular complexity index is 302. The van der Waals surface area contributed by atoms with Gasteiger partial charge in [-0.3, -0.25) is 0 Å². The van der Waals surface area contributed by atoms with E-state index in [4.69, 9.17) is 22.1 Å². The highest BCUT2D eigenvalue weighted by Crippen LogP contribution is 2.11. The molecule has 0 bridgehead atoms. The van der Waals surface area contributed by atoms with Crippen LogP contribution in [0, 0.1) is 0 Å². The molecule has 0 spiro atoms. The van der Waals surface area contributed by atoms with Crippen LogP contribution in [0.2, 0.25) is 5.28 Å². The van der Waals surface area contributed by atoms with E-state index >= 15 is 0 Å². The Morgan fingerprint density at radius 2 is 2.13 bits per heavy atom. The lowest BCUT2D eigenvalue weighted by Crippen LogP contribution is -2.29. The minimum Gasteiger partial charge on any atom is -0.383 e. The van der Waals surface area contributed by atoms with Crippen molar-refractivity contribution in [1.82, 2.24) is 15.0 Å². The molecular weight excluding hydrogens is 218 g/mol. The van der Waals surface area contributed by atoms with Gasteiger partial charge in [-0.05, 0) is 18.5 Å². The lowest BCUT2D eigenvalue weighted by Gasteiger charge is -2.19. The molecule has 1 aromatic heterocycles. The lowest BCUT2D eigenvalue weighted by atomic mass is 10.5. The van der Waals surface area contributed by atoms with E-state index in [2.05, 4.69) is 15.0 Å². The smallest absolute Gasteiger partial charge is 0.231 e. The zero-order valence-electron chi connectivity index (χ0n) is 8.77. The maximum Gasteiger partial charge on any atom is 0.231 e. The van der Waals surface area contributed by atoms with Crippen LogP contribution >= 0.6 is 11.6 Å². The molecule has 84 valence electrons. The van der Waals surface area contributed by atoms with E-state index < -0.39 is 0 Å². The van der Waals surface area contributed by atoms with Crippen molar-refractivity contribution in [2.45, 2.75) is 6.92 Å². The first-order valence-electron chi connectivity index (χ1n) is 4.58. The molecule has 2 N–H and O–H groups in total. The van der Waals surface area contributed by atoms with Gasteiger partial charge in [0.05, 0.1) is 6.61 Å². The summed E-state index contributed by atoms with van der Waals surface area (Å²) in [5, 5.41) is 0.105. The zero-order chi connectivity index (χ0) is 11.3. The van der Waals surface area contributed by atoms with Crippen LogP contribution in [0.5, 0.6) is 0 Å². The van der Waals surface area contributed by atoms with Crippen LogP contribution in [-0.2, 0) is 4.74 Å². The molecule has 6 nitrogen and oxygen atoms in total. The number of hydrogen-bond acceptors (Lipinski definition) is 6. The van der Waals surface area contributed by atoms with Crippen molar-refractivity contribution >= 4 is 23.5 Å². The van der Waals surface area contributed by atoms with Crippen LogP contribution in [0.1, 0.15) is 6.92 Å². The van der Waals surface area contributed by atoms with Gasteiger partial charge in [-0.2, -0.15) is 15.0 Å². The molecule has 1 rings (SSSR count). The van der Waals surface area contributed by atoms with E-state index in [0.717, 1.165) is 6.54 Å². The lowest BCUT2D eigenvalue weighted by molar-refractivity contribution is 0.205. The fourth-order valence-electron chi connectivity index (χ4n) is 1.10. The molecule has 15 heavy (non-hydrogen) atoms. The number of aromatic nitrogens is 3. The molecule has 0 aromatic carbocycles. The van der Waals surface area contributed by atoms with E-state index in [-0.39, 0.29) is 11.2 Å². The highest BCUT2D eigenvalue weighted by atomic mass is 35.5. The molecule has 0 unspecified atom stereocenters. The van der Waals surface area contributed by atoms with Crippen molar-refractivity contribution in [3.63, 3.8) is 0 Å². The van der Waals surface area contributed by atoms with Gasteiger partial charge >= 0.3 is 0 Å². The summed E-state index contributed by atoms with van der Waals surface area (Å²) in [5.74, 6) is 0.605. The van der Waals surface area contributed by atoms with E-state index in [1.807, 2.05) is 11.8 Å². The van der Waals surface area contributed by atoms with Gasteiger partial charge in [0.1, 0.15) is 0 Å². The maximum absolute atomic E-state index is 5.69. The first-order valence-corrected chi connectivity index (χ1v) is 4.96. The van der Waals surface area contributed by atoms with Gasteiger partial charge in [0.25, 0.3) is 0 Å².